The summed E-state index contributed by atoms with van der Waals surface area (Å²) in [5.41, 5.74) is 2.67. The van der Waals surface area contributed by atoms with Crippen LogP contribution in [0.2, 0.25) is 0 Å². The lowest BCUT2D eigenvalue weighted by Gasteiger charge is -1.98. The molecule has 0 spiro atoms. The van der Waals surface area contributed by atoms with Crippen LogP contribution in [0, 0.1) is 6.92 Å². The second-order valence-electron chi connectivity index (χ2n) is 2.30. The summed E-state index contributed by atoms with van der Waals surface area (Å²) >= 11 is 2.15. The van der Waals surface area contributed by atoms with Gasteiger partial charge in [-0.25, -0.2) is 0 Å². The number of hydrogen-bond acceptors (Lipinski definition) is 1. The van der Waals surface area contributed by atoms with Crippen LogP contribution in [0.5, 0.6) is 0 Å². The van der Waals surface area contributed by atoms with E-state index in [2.05, 4.69) is 57.6 Å². The third-order valence-corrected chi connectivity index (χ3v) is 1.73. The monoisotopic (exact) mass is 247 g/mol. The van der Waals surface area contributed by atoms with Gasteiger partial charge in [0, 0.05) is 29.4 Å². The Morgan fingerprint density at radius 2 is 2.30 bits per heavy atom. The van der Waals surface area contributed by atoms with Crippen LogP contribution >= 0.6 is 22.9 Å². The van der Waals surface area contributed by atoms with Crippen molar-refractivity contribution in [2.24, 2.45) is 0 Å². The van der Waals surface area contributed by atoms with Gasteiger partial charge in [0.25, 0.3) is 0 Å². The van der Waals surface area contributed by atoms with E-state index in [4.69, 9.17) is 0 Å². The molecule has 0 radical (unpaired) electrons. The molecule has 0 bridgehead atoms. The Kier molecular flexibility index (Phi) is 3.15. The highest BCUT2D eigenvalue weighted by atomic mass is 127. The molecular weight excluding hydrogens is 237 g/mol. The average Bonchev–Trinajstić information content (AvgIpc) is 1.88. The summed E-state index contributed by atoms with van der Waals surface area (Å²) in [6.07, 6.45) is 0. The van der Waals surface area contributed by atoms with Crippen LogP contribution in [0.25, 0.3) is 0 Å². The maximum Gasteiger partial charge on any atom is 0.0301 e. The van der Waals surface area contributed by atoms with Crippen LogP contribution in [-0.2, 0) is 6.54 Å². The zero-order chi connectivity index (χ0) is 7.40. The Bertz CT molecular complexity index is 210. The molecule has 0 unspecified atom stereocenters. The highest BCUT2D eigenvalue weighted by molar-refractivity contribution is 14.1. The number of aryl methyl sites for hydroxylation is 1. The molecule has 10 heavy (non-hydrogen) atoms. The van der Waals surface area contributed by atoms with Gasteiger partial charge < -0.3 is 0 Å². The van der Waals surface area contributed by atoms with E-state index in [1.54, 1.807) is 0 Å². The first kappa shape index (κ1) is 8.01. The van der Waals surface area contributed by atoms with Gasteiger partial charge in [-0.3, -0.25) is 3.53 Å². The maximum absolute atomic E-state index is 3.08. The van der Waals surface area contributed by atoms with Gasteiger partial charge in [-0.2, -0.15) is 0 Å². The van der Waals surface area contributed by atoms with E-state index in [-0.39, 0.29) is 0 Å². The average molecular weight is 247 g/mol. The highest BCUT2D eigenvalue weighted by Crippen LogP contribution is 2.03. The quantitative estimate of drug-likeness (QED) is 0.625. The minimum atomic E-state index is 0.947. The van der Waals surface area contributed by atoms with E-state index in [1.807, 2.05) is 0 Å². The first-order valence-corrected chi connectivity index (χ1v) is 4.30. The first-order valence-electron chi connectivity index (χ1n) is 3.22. The number of nitrogens with one attached hydrogen (secondary N) is 1. The number of benzene rings is 1. The van der Waals surface area contributed by atoms with Crippen molar-refractivity contribution in [3.8, 4) is 0 Å². The second-order valence-corrected chi connectivity index (χ2v) is 3.06. The molecule has 0 aromatic heterocycles. The molecule has 0 aliphatic rings. The van der Waals surface area contributed by atoms with Crippen molar-refractivity contribution in [2.45, 2.75) is 13.5 Å². The molecule has 0 amide bonds. The van der Waals surface area contributed by atoms with Crippen molar-refractivity contribution >= 4 is 22.9 Å². The lowest BCUT2D eigenvalue weighted by Crippen LogP contribution is -1.96. The van der Waals surface area contributed by atoms with Gasteiger partial charge in [0.1, 0.15) is 0 Å². The van der Waals surface area contributed by atoms with Gasteiger partial charge in [0.2, 0.25) is 0 Å². The number of rotatable bonds is 2. The zero-order valence-electron chi connectivity index (χ0n) is 5.89. The third-order valence-electron chi connectivity index (χ3n) is 1.35. The molecular formula is C8H10IN. The van der Waals surface area contributed by atoms with Gasteiger partial charge in [-0.1, -0.05) is 29.8 Å². The minimum Gasteiger partial charge on any atom is -0.257 e. The first-order chi connectivity index (χ1) is 4.83. The Morgan fingerprint density at radius 3 is 2.90 bits per heavy atom. The van der Waals surface area contributed by atoms with E-state index in [0.717, 1.165) is 6.54 Å². The smallest absolute Gasteiger partial charge is 0.0301 e. The molecule has 1 nitrogen and oxygen atoms in total. The Morgan fingerprint density at radius 1 is 1.50 bits per heavy atom. The fourth-order valence-electron chi connectivity index (χ4n) is 0.899. The summed E-state index contributed by atoms with van der Waals surface area (Å²) in [5, 5.41) is 0. The van der Waals surface area contributed by atoms with Crippen LogP contribution in [-0.4, -0.2) is 0 Å². The Balaban J connectivity index is 2.75. The molecule has 0 aliphatic heterocycles. The molecule has 0 atom stereocenters. The van der Waals surface area contributed by atoms with E-state index in [9.17, 15) is 0 Å². The lowest BCUT2D eigenvalue weighted by atomic mass is 10.1. The van der Waals surface area contributed by atoms with E-state index in [0.29, 0.717) is 0 Å². The molecule has 0 saturated heterocycles. The fraction of sp³-hybridized carbons (Fsp3) is 0.250. The predicted molar refractivity (Wildman–Crippen MR) is 52.0 cm³/mol. The molecule has 0 saturated carbocycles. The molecule has 1 rings (SSSR count). The SMILES string of the molecule is Cc1cccc(CNI)c1. The third kappa shape index (κ3) is 2.27. The summed E-state index contributed by atoms with van der Waals surface area (Å²) in [4.78, 5) is 0. The maximum atomic E-state index is 3.08. The standard InChI is InChI=1S/C8H10IN/c1-7-3-2-4-8(5-7)6-10-9/h2-5,10H,6H2,1H3. The summed E-state index contributed by atoms with van der Waals surface area (Å²) in [5.74, 6) is 0. The number of hydrogen-bond donors (Lipinski definition) is 1. The Hall–Kier alpha value is -0.0900. The van der Waals surface area contributed by atoms with E-state index >= 15 is 0 Å². The summed E-state index contributed by atoms with van der Waals surface area (Å²) in [6.45, 7) is 3.05. The number of halogens is 1. The summed E-state index contributed by atoms with van der Waals surface area (Å²) in [6, 6.07) is 8.50. The van der Waals surface area contributed by atoms with Crippen molar-refractivity contribution in [3.63, 3.8) is 0 Å². The van der Waals surface area contributed by atoms with Crippen molar-refractivity contribution in [1.82, 2.24) is 3.53 Å². The van der Waals surface area contributed by atoms with Gasteiger partial charge in [-0.15, -0.1) is 0 Å². The van der Waals surface area contributed by atoms with Crippen LogP contribution < -0.4 is 3.53 Å². The largest absolute Gasteiger partial charge is 0.257 e. The predicted octanol–water partition coefficient (Wildman–Crippen LogP) is 2.43. The minimum absolute atomic E-state index is 0.947. The molecule has 2 heteroatoms. The van der Waals surface area contributed by atoms with E-state index < -0.39 is 0 Å². The van der Waals surface area contributed by atoms with Crippen LogP contribution in [0.1, 0.15) is 11.1 Å². The molecule has 0 heterocycles. The van der Waals surface area contributed by atoms with Crippen molar-refractivity contribution in [3.05, 3.63) is 35.4 Å². The molecule has 1 aromatic carbocycles. The van der Waals surface area contributed by atoms with E-state index in [1.165, 1.54) is 11.1 Å². The van der Waals surface area contributed by atoms with Crippen molar-refractivity contribution in [1.29, 1.82) is 0 Å². The molecule has 0 aliphatic carbocycles. The van der Waals surface area contributed by atoms with Crippen LogP contribution in [0.4, 0.5) is 0 Å². The highest BCUT2D eigenvalue weighted by Gasteiger charge is 1.88. The van der Waals surface area contributed by atoms with Gasteiger partial charge >= 0.3 is 0 Å². The van der Waals surface area contributed by atoms with Gasteiger partial charge in [-0.05, 0) is 12.5 Å². The topological polar surface area (TPSA) is 12.0 Å². The fourth-order valence-corrected chi connectivity index (χ4v) is 1.34. The lowest BCUT2D eigenvalue weighted by molar-refractivity contribution is 1.01. The molecule has 1 aromatic rings. The van der Waals surface area contributed by atoms with Crippen LogP contribution in [0.3, 0.4) is 0 Å². The summed E-state index contributed by atoms with van der Waals surface area (Å²) < 4.78 is 3.08. The van der Waals surface area contributed by atoms with Crippen molar-refractivity contribution in [2.75, 3.05) is 0 Å². The Labute approximate surface area is 75.3 Å². The molecule has 1 N–H and O–H groups in total. The molecule has 54 valence electrons. The van der Waals surface area contributed by atoms with Gasteiger partial charge in [0.05, 0.1) is 0 Å². The van der Waals surface area contributed by atoms with Crippen LogP contribution in [0.15, 0.2) is 24.3 Å². The van der Waals surface area contributed by atoms with Gasteiger partial charge in [0.15, 0.2) is 0 Å². The molecule has 0 fully saturated rings. The normalized spacial score (nSPS) is 9.80. The zero-order valence-corrected chi connectivity index (χ0v) is 8.05. The summed E-state index contributed by atoms with van der Waals surface area (Å²) in [7, 11) is 0. The second kappa shape index (κ2) is 3.93. The van der Waals surface area contributed by atoms with Crippen molar-refractivity contribution < 1.29 is 0 Å².